The van der Waals surface area contributed by atoms with Gasteiger partial charge >= 0.3 is 0 Å². The van der Waals surface area contributed by atoms with Gasteiger partial charge in [0.05, 0.1) is 24.1 Å². The van der Waals surface area contributed by atoms with Crippen LogP contribution in [0, 0.1) is 5.82 Å². The van der Waals surface area contributed by atoms with Crippen molar-refractivity contribution < 1.29 is 32.3 Å². The van der Waals surface area contributed by atoms with Crippen LogP contribution in [0.3, 0.4) is 0 Å². The van der Waals surface area contributed by atoms with Gasteiger partial charge in [-0.25, -0.2) is 18.9 Å². The van der Waals surface area contributed by atoms with E-state index in [2.05, 4.69) is 31.0 Å². The molecule has 1 aliphatic rings. The first kappa shape index (κ1) is 25.6. The molecule has 11 nitrogen and oxygen atoms in total. The molecule has 0 saturated carbocycles. The number of hydrogen-bond acceptors (Lipinski definition) is 7. The van der Waals surface area contributed by atoms with Gasteiger partial charge in [-0.15, -0.1) is 0 Å². The Hall–Kier alpha value is -5.01. The minimum absolute atomic E-state index is 0.0300. The van der Waals surface area contributed by atoms with Crippen molar-refractivity contribution in [3.8, 4) is 5.75 Å². The second-order valence-electron chi connectivity index (χ2n) is 8.69. The molecular formula is C25H20F3N7O4. The van der Waals surface area contributed by atoms with E-state index in [1.165, 1.54) is 18.2 Å². The lowest BCUT2D eigenvalue weighted by Gasteiger charge is -2.18. The summed E-state index contributed by atoms with van der Waals surface area (Å²) in [6.07, 6.45) is 0.846. The number of amides is 3. The van der Waals surface area contributed by atoms with Crippen LogP contribution < -0.4 is 20.7 Å². The van der Waals surface area contributed by atoms with Crippen molar-refractivity contribution in [1.82, 2.24) is 30.2 Å². The van der Waals surface area contributed by atoms with Crippen molar-refractivity contribution in [1.29, 1.82) is 0 Å². The number of fused-ring (bicyclic) bond motifs is 2. The number of alkyl halides is 2. The minimum atomic E-state index is -3.16. The van der Waals surface area contributed by atoms with Gasteiger partial charge in [0.1, 0.15) is 22.8 Å². The first-order chi connectivity index (χ1) is 18.6. The van der Waals surface area contributed by atoms with Gasteiger partial charge in [-0.3, -0.25) is 14.4 Å². The van der Waals surface area contributed by atoms with Crippen molar-refractivity contribution in [2.45, 2.75) is 25.9 Å². The summed E-state index contributed by atoms with van der Waals surface area (Å²) in [7, 11) is 0. The molecule has 200 valence electrons. The van der Waals surface area contributed by atoms with E-state index in [9.17, 15) is 27.6 Å². The van der Waals surface area contributed by atoms with Crippen LogP contribution in [0.2, 0.25) is 0 Å². The smallest absolute Gasteiger partial charge is 0.286 e. The van der Waals surface area contributed by atoms with Gasteiger partial charge in [0, 0.05) is 19.5 Å². The van der Waals surface area contributed by atoms with Crippen LogP contribution in [0.4, 0.5) is 18.9 Å². The predicted molar refractivity (Wildman–Crippen MR) is 130 cm³/mol. The van der Waals surface area contributed by atoms with E-state index >= 15 is 0 Å². The number of pyridine rings is 1. The summed E-state index contributed by atoms with van der Waals surface area (Å²) in [5.41, 5.74) is -0.0129. The fourth-order valence-corrected chi connectivity index (χ4v) is 3.81. The summed E-state index contributed by atoms with van der Waals surface area (Å²) in [5, 5.41) is 11.6. The fraction of sp³-hybridized carbons (Fsp3) is 0.200. The fourth-order valence-electron chi connectivity index (χ4n) is 3.81. The molecule has 4 heterocycles. The van der Waals surface area contributed by atoms with Gasteiger partial charge in [-0.05, 0) is 29.8 Å². The van der Waals surface area contributed by atoms with Gasteiger partial charge in [-0.1, -0.05) is 12.1 Å². The molecule has 0 fully saturated rings. The molecule has 0 radical (unpaired) electrons. The van der Waals surface area contributed by atoms with Crippen LogP contribution in [0.25, 0.3) is 5.65 Å². The number of nitrogens with zero attached hydrogens (tertiary/aromatic N) is 4. The largest absolute Gasteiger partial charge is 0.482 e. The number of rotatable bonds is 7. The predicted octanol–water partition coefficient (Wildman–Crippen LogP) is 2.57. The van der Waals surface area contributed by atoms with Gasteiger partial charge < -0.3 is 20.7 Å². The Balaban J connectivity index is 1.33. The second kappa shape index (κ2) is 10.0. The van der Waals surface area contributed by atoms with E-state index in [0.29, 0.717) is 23.9 Å². The number of carbonyl (C=O) groups excluding carboxylic acids is 3. The Labute approximate surface area is 218 Å². The van der Waals surface area contributed by atoms with E-state index in [1.54, 1.807) is 18.2 Å². The highest BCUT2D eigenvalue weighted by Crippen LogP contribution is 2.28. The monoisotopic (exact) mass is 539 g/mol. The SMILES string of the molecule is CC(F)(F)c1cccc(CNC(=O)c2cc(C(=O)NCc3ccc4c(c3)NC(=O)CO4)nc3c(F)cnn23)n1. The lowest BCUT2D eigenvalue weighted by atomic mass is 10.1. The molecule has 1 aromatic carbocycles. The Morgan fingerprint density at radius 3 is 2.69 bits per heavy atom. The van der Waals surface area contributed by atoms with Gasteiger partial charge in [0.2, 0.25) is 0 Å². The maximum absolute atomic E-state index is 14.3. The minimum Gasteiger partial charge on any atom is -0.482 e. The van der Waals surface area contributed by atoms with E-state index in [0.717, 1.165) is 16.8 Å². The zero-order chi connectivity index (χ0) is 27.7. The normalized spacial score (nSPS) is 12.9. The summed E-state index contributed by atoms with van der Waals surface area (Å²) in [6.45, 7) is 0.441. The lowest BCUT2D eigenvalue weighted by molar-refractivity contribution is -0.118. The first-order valence-corrected chi connectivity index (χ1v) is 11.6. The number of ether oxygens (including phenoxy) is 1. The highest BCUT2D eigenvalue weighted by Gasteiger charge is 2.26. The molecule has 3 aromatic heterocycles. The molecule has 3 N–H and O–H groups in total. The third-order valence-electron chi connectivity index (χ3n) is 5.71. The number of aromatic nitrogens is 4. The molecule has 14 heteroatoms. The quantitative estimate of drug-likeness (QED) is 0.328. The summed E-state index contributed by atoms with van der Waals surface area (Å²) in [5.74, 6) is -5.29. The standard InChI is InChI=1S/C25H20F3N7O4/c1-25(27,28)20-4-2-3-14(32-20)10-30-24(38)18-8-17(34-22-15(26)11-31-35(18)22)23(37)29-9-13-5-6-19-16(7-13)33-21(36)12-39-19/h2-8,11H,9-10,12H2,1H3,(H,29,37)(H,30,38)(H,33,36). The van der Waals surface area contributed by atoms with Crippen LogP contribution >= 0.6 is 0 Å². The topological polar surface area (TPSA) is 140 Å². The molecule has 3 amide bonds. The van der Waals surface area contributed by atoms with Crippen molar-refractivity contribution in [3.05, 3.63) is 82.8 Å². The van der Waals surface area contributed by atoms with E-state index in [4.69, 9.17) is 4.74 Å². The zero-order valence-corrected chi connectivity index (χ0v) is 20.3. The van der Waals surface area contributed by atoms with Crippen molar-refractivity contribution in [2.24, 2.45) is 0 Å². The molecule has 0 spiro atoms. The van der Waals surface area contributed by atoms with Crippen molar-refractivity contribution in [2.75, 3.05) is 11.9 Å². The average Bonchev–Trinajstić information content (AvgIpc) is 3.29. The third kappa shape index (κ3) is 5.49. The van der Waals surface area contributed by atoms with Crippen LogP contribution in [-0.4, -0.2) is 43.9 Å². The number of nitrogens with one attached hydrogen (secondary N) is 3. The molecule has 0 saturated heterocycles. The van der Waals surface area contributed by atoms with Crippen LogP contribution in [-0.2, 0) is 23.8 Å². The van der Waals surface area contributed by atoms with E-state index < -0.39 is 29.2 Å². The molecule has 0 aliphatic carbocycles. The Bertz CT molecular complexity index is 1620. The lowest BCUT2D eigenvalue weighted by Crippen LogP contribution is -2.29. The van der Waals surface area contributed by atoms with Gasteiger partial charge in [-0.2, -0.15) is 13.9 Å². The summed E-state index contributed by atoms with van der Waals surface area (Å²) < 4.78 is 47.8. The molecule has 4 aromatic rings. The van der Waals surface area contributed by atoms with E-state index in [1.807, 2.05) is 0 Å². The highest BCUT2D eigenvalue weighted by atomic mass is 19.3. The first-order valence-electron chi connectivity index (χ1n) is 11.6. The maximum atomic E-state index is 14.3. The summed E-state index contributed by atoms with van der Waals surface area (Å²) in [4.78, 5) is 45.2. The molecule has 0 bridgehead atoms. The number of anilines is 1. The zero-order valence-electron chi connectivity index (χ0n) is 20.3. The van der Waals surface area contributed by atoms with Crippen molar-refractivity contribution in [3.63, 3.8) is 0 Å². The van der Waals surface area contributed by atoms with E-state index in [-0.39, 0.29) is 48.3 Å². The maximum Gasteiger partial charge on any atom is 0.286 e. The van der Waals surface area contributed by atoms with Gasteiger partial charge in [0.15, 0.2) is 18.1 Å². The molecule has 39 heavy (non-hydrogen) atoms. The molecule has 5 rings (SSSR count). The highest BCUT2D eigenvalue weighted by molar-refractivity contribution is 5.98. The molecule has 0 atom stereocenters. The Morgan fingerprint density at radius 1 is 1.10 bits per heavy atom. The second-order valence-corrected chi connectivity index (χ2v) is 8.69. The number of benzene rings is 1. The Morgan fingerprint density at radius 2 is 1.90 bits per heavy atom. The van der Waals surface area contributed by atoms with Crippen LogP contribution in [0.5, 0.6) is 5.75 Å². The molecule has 1 aliphatic heterocycles. The number of halogens is 3. The molecule has 0 unspecified atom stereocenters. The average molecular weight is 539 g/mol. The number of hydrogen-bond donors (Lipinski definition) is 3. The van der Waals surface area contributed by atoms with Crippen molar-refractivity contribution >= 4 is 29.1 Å². The number of carbonyl (C=O) groups is 3. The van der Waals surface area contributed by atoms with Crippen LogP contribution in [0.1, 0.15) is 44.9 Å². The Kier molecular flexibility index (Phi) is 6.60. The van der Waals surface area contributed by atoms with Crippen LogP contribution in [0.15, 0.2) is 48.7 Å². The molecular weight excluding hydrogens is 519 g/mol. The summed E-state index contributed by atoms with van der Waals surface area (Å²) >= 11 is 0. The van der Waals surface area contributed by atoms with Gasteiger partial charge in [0.25, 0.3) is 23.6 Å². The third-order valence-corrected chi connectivity index (χ3v) is 5.71. The summed E-state index contributed by atoms with van der Waals surface area (Å²) in [6, 6.07) is 10.1.